The molecule has 1 aliphatic heterocycles. The number of nitrogens with zero attached hydrogens (tertiary/aromatic N) is 1. The molecule has 4 aliphatic rings. The number of primary amides is 1. The monoisotopic (exact) mass is 539 g/mol. The third-order valence-electron chi connectivity index (χ3n) is 8.37. The maximum atomic E-state index is 13.8. The highest BCUT2D eigenvalue weighted by molar-refractivity contribution is 6.15. The van der Waals surface area contributed by atoms with Crippen LogP contribution in [0.3, 0.4) is 0 Å². The Labute approximate surface area is 223 Å². The van der Waals surface area contributed by atoms with Gasteiger partial charge in [0.1, 0.15) is 17.4 Å². The molecule has 206 valence electrons. The summed E-state index contributed by atoms with van der Waals surface area (Å²) in [5, 5.41) is 46.7. The molecule has 5 rings (SSSR count). The largest absolute Gasteiger partial charge is 0.508 e. The number of urea groups is 1. The first-order valence-corrected chi connectivity index (χ1v) is 12.7. The van der Waals surface area contributed by atoms with Crippen molar-refractivity contribution in [2.45, 2.75) is 37.5 Å². The Balaban J connectivity index is 1.55. The van der Waals surface area contributed by atoms with Gasteiger partial charge in [-0.05, 0) is 42.4 Å². The van der Waals surface area contributed by atoms with Gasteiger partial charge in [-0.2, -0.15) is 0 Å². The van der Waals surface area contributed by atoms with E-state index in [1.54, 1.807) is 4.90 Å². The molecule has 1 aromatic carbocycles. The summed E-state index contributed by atoms with van der Waals surface area (Å²) in [6, 6.07) is 1.18. The zero-order chi connectivity index (χ0) is 28.2. The molecule has 0 spiro atoms. The van der Waals surface area contributed by atoms with Crippen molar-refractivity contribution in [3.05, 3.63) is 39.7 Å². The van der Waals surface area contributed by atoms with Crippen molar-refractivity contribution in [2.24, 2.45) is 23.5 Å². The molecule has 2 fully saturated rings. The first kappa shape index (κ1) is 26.7. The number of allylic oxidation sites excluding steroid dienone is 1. The second kappa shape index (κ2) is 9.68. The Bertz CT molecular complexity index is 1360. The summed E-state index contributed by atoms with van der Waals surface area (Å²) in [5.74, 6) is -5.64. The molecule has 1 heterocycles. The number of nitrogens with one attached hydrogen (secondary N) is 1. The van der Waals surface area contributed by atoms with Gasteiger partial charge in [0.25, 0.3) is 0 Å². The second-order valence-corrected chi connectivity index (χ2v) is 10.4. The fraction of sp³-hybridized carbons (Fsp3) is 0.481. The van der Waals surface area contributed by atoms with Crippen molar-refractivity contribution in [2.75, 3.05) is 26.3 Å². The predicted octanol–water partition coefficient (Wildman–Crippen LogP) is -0.731. The Hall–Kier alpha value is -3.92. The highest BCUT2D eigenvalue weighted by Crippen LogP contribution is 2.52. The van der Waals surface area contributed by atoms with Crippen molar-refractivity contribution >= 4 is 23.5 Å². The van der Waals surface area contributed by atoms with Crippen molar-refractivity contribution in [3.8, 4) is 18.1 Å². The summed E-state index contributed by atoms with van der Waals surface area (Å²) in [5.41, 5.74) is 3.15. The number of terminal acetylenes is 1. The van der Waals surface area contributed by atoms with Gasteiger partial charge in [-0.1, -0.05) is 5.92 Å². The van der Waals surface area contributed by atoms with Gasteiger partial charge in [-0.3, -0.25) is 14.4 Å². The number of morpholine rings is 1. The number of nitrogens with two attached hydrogens (primary N) is 1. The van der Waals surface area contributed by atoms with Crippen molar-refractivity contribution in [1.29, 1.82) is 0 Å². The van der Waals surface area contributed by atoms with Crippen LogP contribution >= 0.6 is 0 Å². The maximum Gasteiger partial charge on any atom is 0.317 e. The van der Waals surface area contributed by atoms with Gasteiger partial charge in [0.05, 0.1) is 30.4 Å². The number of ketones is 2. The zero-order valence-corrected chi connectivity index (χ0v) is 21.0. The zero-order valence-electron chi connectivity index (χ0n) is 21.0. The number of benzene rings is 1. The van der Waals surface area contributed by atoms with E-state index < -0.39 is 58.4 Å². The van der Waals surface area contributed by atoms with Crippen molar-refractivity contribution in [1.82, 2.24) is 10.2 Å². The van der Waals surface area contributed by atoms with E-state index in [1.165, 1.54) is 6.07 Å². The number of phenolic OH excluding ortho intramolecular Hbond substituents is 1. The number of aliphatic hydroxyl groups is 3. The van der Waals surface area contributed by atoms with Crippen LogP contribution in [0, 0.1) is 30.1 Å². The molecular weight excluding hydrogens is 510 g/mol. The van der Waals surface area contributed by atoms with Crippen LogP contribution in [0.25, 0.3) is 0 Å². The molecule has 2 unspecified atom stereocenters. The number of phenols is 1. The Morgan fingerprint density at radius 1 is 1.23 bits per heavy atom. The molecule has 3 aliphatic carbocycles. The molecule has 0 radical (unpaired) electrons. The summed E-state index contributed by atoms with van der Waals surface area (Å²) in [6.07, 6.45) is 4.08. The van der Waals surface area contributed by atoms with Crippen LogP contribution in [0.1, 0.15) is 39.9 Å². The lowest BCUT2D eigenvalue weighted by molar-refractivity contribution is -0.167. The van der Waals surface area contributed by atoms with Gasteiger partial charge in [-0.25, -0.2) is 4.79 Å². The van der Waals surface area contributed by atoms with E-state index in [2.05, 4.69) is 11.2 Å². The highest BCUT2D eigenvalue weighted by Gasteiger charge is 2.62. The first-order chi connectivity index (χ1) is 18.5. The fourth-order valence-electron chi connectivity index (χ4n) is 6.39. The molecule has 0 bridgehead atoms. The average Bonchev–Trinajstić information content (AvgIpc) is 2.90. The molecule has 39 heavy (non-hydrogen) atoms. The van der Waals surface area contributed by atoms with Gasteiger partial charge in [0.2, 0.25) is 5.91 Å². The minimum absolute atomic E-state index is 0.00334. The lowest BCUT2D eigenvalue weighted by atomic mass is 9.57. The third kappa shape index (κ3) is 4.05. The van der Waals surface area contributed by atoms with Crippen LogP contribution in [0.4, 0.5) is 4.79 Å². The van der Waals surface area contributed by atoms with Gasteiger partial charge >= 0.3 is 6.03 Å². The first-order valence-electron chi connectivity index (χ1n) is 12.7. The molecule has 1 aromatic rings. The Morgan fingerprint density at radius 3 is 2.56 bits per heavy atom. The predicted molar refractivity (Wildman–Crippen MR) is 133 cm³/mol. The van der Waals surface area contributed by atoms with E-state index in [0.29, 0.717) is 37.4 Å². The van der Waals surface area contributed by atoms with Crippen LogP contribution in [-0.4, -0.2) is 86.8 Å². The number of carbonyl (C=O) groups is 4. The van der Waals surface area contributed by atoms with Crippen LogP contribution in [0.15, 0.2) is 17.4 Å². The van der Waals surface area contributed by atoms with Gasteiger partial charge in [0, 0.05) is 31.1 Å². The van der Waals surface area contributed by atoms with Gasteiger partial charge in [0.15, 0.2) is 17.2 Å². The quantitative estimate of drug-likeness (QED) is 0.212. The normalized spacial score (nSPS) is 30.1. The topological polar surface area (TPSA) is 200 Å². The van der Waals surface area contributed by atoms with Gasteiger partial charge in [-0.15, -0.1) is 6.42 Å². The van der Waals surface area contributed by atoms with E-state index >= 15 is 0 Å². The molecule has 1 saturated carbocycles. The Morgan fingerprint density at radius 2 is 1.92 bits per heavy atom. The summed E-state index contributed by atoms with van der Waals surface area (Å²) in [6.45, 7) is 1.69. The highest BCUT2D eigenvalue weighted by atomic mass is 16.5. The number of ether oxygens (including phenoxy) is 1. The summed E-state index contributed by atoms with van der Waals surface area (Å²) in [4.78, 5) is 53.0. The minimum atomic E-state index is -2.59. The van der Waals surface area contributed by atoms with Crippen molar-refractivity contribution in [3.63, 3.8) is 0 Å². The number of hydrogen-bond donors (Lipinski definition) is 6. The maximum absolute atomic E-state index is 13.8. The van der Waals surface area contributed by atoms with Crippen LogP contribution < -0.4 is 11.1 Å². The van der Waals surface area contributed by atoms with E-state index in [4.69, 9.17) is 16.9 Å². The number of carbonyl (C=O) groups excluding carboxylic acids is 4. The molecule has 12 heteroatoms. The lowest BCUT2D eigenvalue weighted by Gasteiger charge is -2.48. The molecule has 1 saturated heterocycles. The van der Waals surface area contributed by atoms with E-state index in [-0.39, 0.29) is 48.5 Å². The molecule has 7 N–H and O–H groups in total. The van der Waals surface area contributed by atoms with Crippen LogP contribution in [0.2, 0.25) is 0 Å². The summed E-state index contributed by atoms with van der Waals surface area (Å²) < 4.78 is 5.27. The Kier molecular flexibility index (Phi) is 6.62. The summed E-state index contributed by atoms with van der Waals surface area (Å²) in [7, 11) is 0. The van der Waals surface area contributed by atoms with Gasteiger partial charge < -0.3 is 41.1 Å². The SMILES string of the molecule is C#Cc1cc(CNC(=O)N2CCOCC2)c2c(c1O)C(=O)C1=C(O)[C@]3(O)C(=O)C(C(N)=O)C(O)C[C@@H]3C[C@@H]1C2. The minimum Gasteiger partial charge on any atom is -0.508 e. The second-order valence-electron chi connectivity index (χ2n) is 10.4. The molecular formula is C27H29N3O9. The lowest BCUT2D eigenvalue weighted by Crippen LogP contribution is -2.63. The standard InChI is InChI=1S/C27H29N3O9/c1-2-12-7-14(11-29-26(37)30-3-5-39-6-4-30)16-9-13-8-15-10-17(31)20(25(28)36)24(35)27(15,38)23(34)18(13)22(33)19(16)21(12)32/h1,7,13,15,17,20,31-32,34,38H,3-6,8-11H2,(H2,28,36)(H,29,37)/t13-,15+,17?,20?,27+/m1/s1. The number of Topliss-reactive ketones (excluding diaryl/α,β-unsaturated/α-hetero) is 2. The number of fused-ring (bicyclic) bond motifs is 3. The van der Waals surface area contributed by atoms with E-state index in [0.717, 1.165) is 0 Å². The summed E-state index contributed by atoms with van der Waals surface area (Å²) >= 11 is 0. The third-order valence-corrected chi connectivity index (χ3v) is 8.37. The molecule has 12 nitrogen and oxygen atoms in total. The fourth-order valence-corrected chi connectivity index (χ4v) is 6.39. The number of amides is 3. The van der Waals surface area contributed by atoms with Crippen LogP contribution in [-0.2, 0) is 27.3 Å². The van der Waals surface area contributed by atoms with Crippen LogP contribution in [0.5, 0.6) is 5.75 Å². The van der Waals surface area contributed by atoms with E-state index in [9.17, 15) is 39.6 Å². The van der Waals surface area contributed by atoms with E-state index in [1.807, 2.05) is 0 Å². The number of aliphatic hydroxyl groups excluding tert-OH is 2. The van der Waals surface area contributed by atoms with Crippen molar-refractivity contribution < 1.29 is 44.3 Å². The smallest absolute Gasteiger partial charge is 0.317 e. The number of rotatable bonds is 3. The number of aromatic hydroxyl groups is 1. The molecule has 0 aromatic heterocycles. The molecule has 3 amide bonds. The number of hydrogen-bond acceptors (Lipinski definition) is 9. The molecule has 5 atom stereocenters. The average molecular weight is 540 g/mol.